The molecule has 0 N–H and O–H groups in total. The number of hydrogen-bond acceptors (Lipinski definition) is 4. The van der Waals surface area contributed by atoms with E-state index in [1.807, 2.05) is 13.8 Å². The lowest BCUT2D eigenvalue weighted by Crippen LogP contribution is -2.35. The molecule has 130 valence electrons. The van der Waals surface area contributed by atoms with Crippen molar-refractivity contribution in [2.45, 2.75) is 37.6 Å². The normalized spacial score (nSPS) is 11.5. The highest BCUT2D eigenvalue weighted by Crippen LogP contribution is 2.30. The topological polar surface area (TPSA) is 72.3 Å². The molecule has 0 aliphatic carbocycles. The lowest BCUT2D eigenvalue weighted by molar-refractivity contribution is 0.200. The van der Waals surface area contributed by atoms with Gasteiger partial charge in [-0.05, 0) is 45.4 Å². The Morgan fingerprint density at radius 1 is 1.25 bits per heavy atom. The Morgan fingerprint density at radius 3 is 2.42 bits per heavy atom. The first-order chi connectivity index (χ1) is 11.2. The summed E-state index contributed by atoms with van der Waals surface area (Å²) in [5.74, 6) is 0. The zero-order valence-electron chi connectivity index (χ0n) is 14.1. The molecule has 8 heteroatoms. The van der Waals surface area contributed by atoms with Crippen LogP contribution in [0.4, 0.5) is 4.79 Å². The van der Waals surface area contributed by atoms with Gasteiger partial charge in [0.2, 0.25) is 9.84 Å². The third kappa shape index (κ3) is 3.18. The number of carbonyl (C=O) groups excluding carboxylic acids is 1. The number of aromatic nitrogens is 2. The minimum Gasteiger partial charge on any atom is -0.323 e. The van der Waals surface area contributed by atoms with Crippen molar-refractivity contribution >= 4 is 27.5 Å². The lowest BCUT2D eigenvalue weighted by atomic mass is 10.2. The van der Waals surface area contributed by atoms with Gasteiger partial charge in [-0.1, -0.05) is 23.7 Å². The maximum absolute atomic E-state index is 12.9. The molecule has 1 heterocycles. The van der Waals surface area contributed by atoms with Gasteiger partial charge in [0.1, 0.15) is 0 Å². The molecule has 0 aliphatic rings. The van der Waals surface area contributed by atoms with Gasteiger partial charge in [0.05, 0.1) is 9.92 Å². The molecule has 0 saturated carbocycles. The fourth-order valence-electron chi connectivity index (χ4n) is 2.46. The van der Waals surface area contributed by atoms with E-state index in [1.165, 1.54) is 12.1 Å². The molecule has 2 rings (SSSR count). The Bertz CT molecular complexity index is 850. The lowest BCUT2D eigenvalue weighted by Gasteiger charge is -2.18. The van der Waals surface area contributed by atoms with Gasteiger partial charge in [-0.25, -0.2) is 13.2 Å². The van der Waals surface area contributed by atoms with Gasteiger partial charge in [-0.3, -0.25) is 0 Å². The molecule has 2 aromatic rings. The van der Waals surface area contributed by atoms with Crippen LogP contribution in [0.5, 0.6) is 0 Å². The molecular weight excluding hydrogens is 350 g/mol. The van der Waals surface area contributed by atoms with Crippen LogP contribution in [0.15, 0.2) is 34.2 Å². The summed E-state index contributed by atoms with van der Waals surface area (Å²) < 4.78 is 26.9. The molecular formula is C16H20ClN3O3S. The number of aryl methyl sites for hydroxylation is 2. The van der Waals surface area contributed by atoms with E-state index < -0.39 is 9.84 Å². The molecule has 0 radical (unpaired) electrons. The van der Waals surface area contributed by atoms with E-state index in [2.05, 4.69) is 5.10 Å². The minimum absolute atomic E-state index is 0.0200. The van der Waals surface area contributed by atoms with E-state index in [4.69, 9.17) is 11.6 Å². The summed E-state index contributed by atoms with van der Waals surface area (Å²) in [4.78, 5) is 14.0. The van der Waals surface area contributed by atoms with Crippen LogP contribution in [0, 0.1) is 13.8 Å². The second-order valence-electron chi connectivity index (χ2n) is 5.38. The number of benzene rings is 1. The Balaban J connectivity index is 2.55. The van der Waals surface area contributed by atoms with Crippen molar-refractivity contribution < 1.29 is 13.2 Å². The molecule has 1 aromatic heterocycles. The standard InChI is InChI=1S/C16H20ClN3O3S/c1-5-19(6-2)16(21)20-12(4)10-14(18-20)24(22,23)15-11(3)8-7-9-13(15)17/h7-10H,5-6H2,1-4H3. The van der Waals surface area contributed by atoms with Gasteiger partial charge < -0.3 is 4.90 Å². The molecule has 1 aromatic carbocycles. The molecule has 0 unspecified atom stereocenters. The van der Waals surface area contributed by atoms with E-state index >= 15 is 0 Å². The van der Waals surface area contributed by atoms with Crippen molar-refractivity contribution in [3.05, 3.63) is 40.5 Å². The van der Waals surface area contributed by atoms with Crippen LogP contribution in [0.25, 0.3) is 0 Å². The van der Waals surface area contributed by atoms with E-state index in [0.717, 1.165) is 4.68 Å². The number of sulfone groups is 1. The Labute approximate surface area is 147 Å². The Kier molecular flexibility index (Phi) is 5.35. The first-order valence-electron chi connectivity index (χ1n) is 7.60. The maximum atomic E-state index is 12.9. The van der Waals surface area contributed by atoms with Crippen molar-refractivity contribution in [1.29, 1.82) is 0 Å². The van der Waals surface area contributed by atoms with Crippen LogP contribution >= 0.6 is 11.6 Å². The van der Waals surface area contributed by atoms with E-state index in [1.54, 1.807) is 30.9 Å². The minimum atomic E-state index is -3.91. The largest absolute Gasteiger partial charge is 0.344 e. The van der Waals surface area contributed by atoms with Crippen LogP contribution in [0.3, 0.4) is 0 Å². The van der Waals surface area contributed by atoms with Crippen molar-refractivity contribution in [2.24, 2.45) is 0 Å². The van der Waals surface area contributed by atoms with Crippen LogP contribution in [-0.2, 0) is 9.84 Å². The molecule has 0 bridgehead atoms. The monoisotopic (exact) mass is 369 g/mol. The van der Waals surface area contributed by atoms with Crippen molar-refractivity contribution in [1.82, 2.24) is 14.7 Å². The second-order valence-corrected chi connectivity index (χ2v) is 7.62. The predicted molar refractivity (Wildman–Crippen MR) is 92.3 cm³/mol. The number of rotatable bonds is 4. The average molecular weight is 370 g/mol. The Morgan fingerprint density at radius 2 is 1.88 bits per heavy atom. The maximum Gasteiger partial charge on any atom is 0.344 e. The van der Waals surface area contributed by atoms with Crippen molar-refractivity contribution in [2.75, 3.05) is 13.1 Å². The van der Waals surface area contributed by atoms with Gasteiger partial charge in [0.25, 0.3) is 0 Å². The summed E-state index contributed by atoms with van der Waals surface area (Å²) in [5, 5.41) is 3.99. The molecule has 0 atom stereocenters. The first-order valence-corrected chi connectivity index (χ1v) is 9.46. The van der Waals surface area contributed by atoms with Crippen LogP contribution in [-0.4, -0.2) is 42.2 Å². The van der Waals surface area contributed by atoms with Gasteiger partial charge >= 0.3 is 6.03 Å². The quantitative estimate of drug-likeness (QED) is 0.828. The third-order valence-corrected chi connectivity index (χ3v) is 6.04. The van der Waals surface area contributed by atoms with Gasteiger partial charge in [-0.2, -0.15) is 9.78 Å². The SMILES string of the molecule is CCN(CC)C(=O)n1nc(S(=O)(=O)c2c(C)cccc2Cl)cc1C. The zero-order chi connectivity index (χ0) is 18.1. The zero-order valence-corrected chi connectivity index (χ0v) is 15.6. The van der Waals surface area contributed by atoms with E-state index in [0.29, 0.717) is 24.3 Å². The fraction of sp³-hybridized carbons (Fsp3) is 0.375. The third-order valence-electron chi connectivity index (χ3n) is 3.79. The molecule has 6 nitrogen and oxygen atoms in total. The van der Waals surface area contributed by atoms with E-state index in [-0.39, 0.29) is 21.0 Å². The summed E-state index contributed by atoms with van der Waals surface area (Å²) in [7, 11) is -3.91. The van der Waals surface area contributed by atoms with Crippen LogP contribution in [0.2, 0.25) is 5.02 Å². The first kappa shape index (κ1) is 18.5. The molecule has 0 fully saturated rings. The van der Waals surface area contributed by atoms with E-state index in [9.17, 15) is 13.2 Å². The summed E-state index contributed by atoms with van der Waals surface area (Å²) >= 11 is 6.08. The van der Waals surface area contributed by atoms with Gasteiger partial charge in [-0.15, -0.1) is 0 Å². The number of amides is 1. The number of hydrogen-bond donors (Lipinski definition) is 0. The second kappa shape index (κ2) is 6.94. The molecule has 0 aliphatic heterocycles. The van der Waals surface area contributed by atoms with Gasteiger partial charge in [0.15, 0.2) is 5.03 Å². The summed E-state index contributed by atoms with van der Waals surface area (Å²) in [6.07, 6.45) is 0. The van der Waals surface area contributed by atoms with Crippen molar-refractivity contribution in [3.8, 4) is 0 Å². The number of halogens is 1. The number of nitrogens with zero attached hydrogens (tertiary/aromatic N) is 3. The summed E-state index contributed by atoms with van der Waals surface area (Å²) in [5.41, 5.74) is 0.986. The summed E-state index contributed by atoms with van der Waals surface area (Å²) in [6.45, 7) is 8.05. The highest BCUT2D eigenvalue weighted by atomic mass is 35.5. The molecule has 24 heavy (non-hydrogen) atoms. The highest BCUT2D eigenvalue weighted by molar-refractivity contribution is 7.91. The predicted octanol–water partition coefficient (Wildman–Crippen LogP) is 3.30. The fourth-order valence-corrected chi connectivity index (χ4v) is 4.53. The molecule has 1 amide bonds. The molecule has 0 saturated heterocycles. The van der Waals surface area contributed by atoms with Gasteiger partial charge in [0, 0.05) is 18.8 Å². The smallest absolute Gasteiger partial charge is 0.323 e. The summed E-state index contributed by atoms with van der Waals surface area (Å²) in [6, 6.07) is 5.91. The van der Waals surface area contributed by atoms with Crippen molar-refractivity contribution in [3.63, 3.8) is 0 Å². The molecule has 0 spiro atoms. The Hall–Kier alpha value is -1.86. The average Bonchev–Trinajstić information content (AvgIpc) is 2.90. The number of carbonyl (C=O) groups is 1. The van der Waals surface area contributed by atoms with Crippen LogP contribution < -0.4 is 0 Å². The highest BCUT2D eigenvalue weighted by Gasteiger charge is 2.28. The van der Waals surface area contributed by atoms with Crippen LogP contribution in [0.1, 0.15) is 25.1 Å².